The molecule has 1 aliphatic heterocycles. The molecule has 1 aromatic rings. The van der Waals surface area contributed by atoms with Crippen LogP contribution in [-0.2, 0) is 17.6 Å². The van der Waals surface area contributed by atoms with Crippen molar-refractivity contribution in [3.63, 3.8) is 0 Å². The van der Waals surface area contributed by atoms with Crippen LogP contribution in [0.15, 0.2) is 12.1 Å². The van der Waals surface area contributed by atoms with Crippen molar-refractivity contribution in [2.24, 2.45) is 0 Å². The van der Waals surface area contributed by atoms with Gasteiger partial charge in [0.2, 0.25) is 5.91 Å². The number of alkyl halides is 3. The number of non-ortho nitro benzene ring substituents is 1. The molecular formula is C11H9F3N2O3. The lowest BCUT2D eigenvalue weighted by Crippen LogP contribution is -2.22. The quantitative estimate of drug-likeness (QED) is 0.665. The van der Waals surface area contributed by atoms with Gasteiger partial charge in [-0.2, -0.15) is 13.2 Å². The molecule has 19 heavy (non-hydrogen) atoms. The van der Waals surface area contributed by atoms with Gasteiger partial charge in [-0.1, -0.05) is 0 Å². The van der Waals surface area contributed by atoms with Crippen molar-refractivity contribution >= 4 is 17.3 Å². The summed E-state index contributed by atoms with van der Waals surface area (Å²) >= 11 is 0. The molecule has 1 heterocycles. The van der Waals surface area contributed by atoms with Gasteiger partial charge in [-0.3, -0.25) is 14.9 Å². The van der Waals surface area contributed by atoms with Crippen LogP contribution in [0.5, 0.6) is 0 Å². The maximum atomic E-state index is 12.5. The summed E-state index contributed by atoms with van der Waals surface area (Å²) in [5, 5.41) is 13.1. The van der Waals surface area contributed by atoms with E-state index in [1.165, 1.54) is 6.07 Å². The molecule has 8 heteroatoms. The summed E-state index contributed by atoms with van der Waals surface area (Å²) in [6, 6.07) is 2.06. The van der Waals surface area contributed by atoms with E-state index in [2.05, 4.69) is 5.32 Å². The molecule has 1 aromatic carbocycles. The fourth-order valence-corrected chi connectivity index (χ4v) is 2.02. The highest BCUT2D eigenvalue weighted by atomic mass is 19.4. The summed E-state index contributed by atoms with van der Waals surface area (Å²) < 4.78 is 37.4. The number of hydrogen-bond donors (Lipinski definition) is 1. The number of nitro groups is 1. The first kappa shape index (κ1) is 13.3. The van der Waals surface area contributed by atoms with Crippen LogP contribution in [0.4, 0.5) is 24.5 Å². The molecule has 1 amide bonds. The van der Waals surface area contributed by atoms with Crippen LogP contribution in [-0.4, -0.2) is 17.0 Å². The number of rotatable bonds is 2. The largest absolute Gasteiger partial charge is 0.393 e. The molecule has 0 bridgehead atoms. The van der Waals surface area contributed by atoms with Crippen LogP contribution >= 0.6 is 0 Å². The zero-order valence-corrected chi connectivity index (χ0v) is 9.58. The van der Waals surface area contributed by atoms with Gasteiger partial charge in [0.25, 0.3) is 5.69 Å². The normalized spacial score (nSPS) is 14.8. The third-order valence-corrected chi connectivity index (χ3v) is 2.77. The molecule has 0 spiro atoms. The minimum Gasteiger partial charge on any atom is -0.326 e. The van der Waals surface area contributed by atoms with Crippen molar-refractivity contribution < 1.29 is 22.9 Å². The Bertz CT molecular complexity index is 555. The van der Waals surface area contributed by atoms with Crippen LogP contribution in [0.2, 0.25) is 0 Å². The number of nitrogens with zero attached hydrogens (tertiary/aromatic N) is 1. The number of halogens is 3. The van der Waals surface area contributed by atoms with Crippen molar-refractivity contribution in [3.8, 4) is 0 Å². The topological polar surface area (TPSA) is 72.2 Å². The first-order valence-electron chi connectivity index (χ1n) is 5.43. The number of carbonyl (C=O) groups is 1. The van der Waals surface area contributed by atoms with Gasteiger partial charge < -0.3 is 5.32 Å². The Hall–Kier alpha value is -2.12. The summed E-state index contributed by atoms with van der Waals surface area (Å²) in [4.78, 5) is 21.2. The SMILES string of the molecule is O=C1CCc2cc([N+](=O)[O-])cc(CC(F)(F)F)c2N1. The molecule has 5 nitrogen and oxygen atoms in total. The Balaban J connectivity index is 2.52. The average molecular weight is 274 g/mol. The van der Waals surface area contributed by atoms with E-state index in [-0.39, 0.29) is 30.0 Å². The summed E-state index contributed by atoms with van der Waals surface area (Å²) in [6.07, 6.45) is -5.49. The molecule has 0 fully saturated rings. The smallest absolute Gasteiger partial charge is 0.326 e. The van der Waals surface area contributed by atoms with Crippen LogP contribution < -0.4 is 5.32 Å². The second kappa shape index (κ2) is 4.52. The predicted octanol–water partition coefficient (Wildman–Crippen LogP) is 2.58. The average Bonchev–Trinajstić information content (AvgIpc) is 2.27. The molecular weight excluding hydrogens is 265 g/mol. The van der Waals surface area contributed by atoms with Crippen LogP contribution in [0.25, 0.3) is 0 Å². The van der Waals surface area contributed by atoms with E-state index in [0.29, 0.717) is 5.56 Å². The predicted molar refractivity (Wildman–Crippen MR) is 59.8 cm³/mol. The lowest BCUT2D eigenvalue weighted by atomic mass is 9.96. The van der Waals surface area contributed by atoms with E-state index in [1.807, 2.05) is 0 Å². The molecule has 0 aliphatic carbocycles. The molecule has 0 saturated carbocycles. The van der Waals surface area contributed by atoms with E-state index in [9.17, 15) is 28.1 Å². The number of carbonyl (C=O) groups excluding carboxylic acids is 1. The van der Waals surface area contributed by atoms with E-state index >= 15 is 0 Å². The van der Waals surface area contributed by atoms with E-state index in [0.717, 1.165) is 6.07 Å². The first-order valence-corrected chi connectivity index (χ1v) is 5.43. The highest BCUT2D eigenvalue weighted by Gasteiger charge is 2.32. The van der Waals surface area contributed by atoms with Crippen molar-refractivity contribution in [1.29, 1.82) is 0 Å². The highest BCUT2D eigenvalue weighted by Crippen LogP contribution is 2.34. The van der Waals surface area contributed by atoms with Gasteiger partial charge in [0.15, 0.2) is 0 Å². The van der Waals surface area contributed by atoms with Gasteiger partial charge in [-0.25, -0.2) is 0 Å². The number of hydrogen-bond acceptors (Lipinski definition) is 3. The van der Waals surface area contributed by atoms with Crippen LogP contribution in [0.1, 0.15) is 17.5 Å². The van der Waals surface area contributed by atoms with E-state index < -0.39 is 23.2 Å². The zero-order chi connectivity index (χ0) is 14.2. The Labute approximate surface area is 105 Å². The van der Waals surface area contributed by atoms with Crippen molar-refractivity contribution in [3.05, 3.63) is 33.4 Å². The molecule has 102 valence electrons. The molecule has 1 aliphatic rings. The number of amides is 1. The Morgan fingerprint density at radius 1 is 1.32 bits per heavy atom. The molecule has 0 atom stereocenters. The molecule has 0 saturated heterocycles. The maximum absolute atomic E-state index is 12.5. The minimum absolute atomic E-state index is 0.0548. The standard InChI is InChI=1S/C11H9F3N2O3/c12-11(13,14)5-7-4-8(16(18)19)3-6-1-2-9(17)15-10(6)7/h3-4H,1-2,5H2,(H,15,17). The van der Waals surface area contributed by atoms with Crippen molar-refractivity contribution in [1.82, 2.24) is 0 Å². The van der Waals surface area contributed by atoms with Gasteiger partial charge in [0, 0.05) is 24.2 Å². The third-order valence-electron chi connectivity index (χ3n) is 2.77. The fourth-order valence-electron chi connectivity index (χ4n) is 2.02. The van der Waals surface area contributed by atoms with Crippen molar-refractivity contribution in [2.45, 2.75) is 25.4 Å². The molecule has 1 N–H and O–H groups in total. The van der Waals surface area contributed by atoms with Gasteiger partial charge in [-0.15, -0.1) is 0 Å². The number of anilines is 1. The Morgan fingerprint density at radius 3 is 2.58 bits per heavy atom. The van der Waals surface area contributed by atoms with E-state index in [4.69, 9.17) is 0 Å². The number of benzene rings is 1. The van der Waals surface area contributed by atoms with Gasteiger partial charge in [-0.05, 0) is 17.5 Å². The summed E-state index contributed by atoms with van der Waals surface area (Å²) in [5.74, 6) is -0.384. The number of nitrogens with one attached hydrogen (secondary N) is 1. The lowest BCUT2D eigenvalue weighted by Gasteiger charge is -2.20. The van der Waals surface area contributed by atoms with Gasteiger partial charge in [0.05, 0.1) is 11.3 Å². The number of fused-ring (bicyclic) bond motifs is 1. The second-order valence-electron chi connectivity index (χ2n) is 4.24. The second-order valence-corrected chi connectivity index (χ2v) is 4.24. The van der Waals surface area contributed by atoms with Gasteiger partial charge in [0.1, 0.15) is 0 Å². The molecule has 0 unspecified atom stereocenters. The third kappa shape index (κ3) is 3.01. The van der Waals surface area contributed by atoms with Gasteiger partial charge >= 0.3 is 6.18 Å². The Morgan fingerprint density at radius 2 is 2.00 bits per heavy atom. The first-order chi connectivity index (χ1) is 8.76. The van der Waals surface area contributed by atoms with Crippen molar-refractivity contribution in [2.75, 3.05) is 5.32 Å². The molecule has 0 radical (unpaired) electrons. The maximum Gasteiger partial charge on any atom is 0.393 e. The molecule has 0 aromatic heterocycles. The number of nitro benzene ring substituents is 1. The summed E-state index contributed by atoms with van der Waals surface area (Å²) in [6.45, 7) is 0. The number of aryl methyl sites for hydroxylation is 1. The Kier molecular flexibility index (Phi) is 3.17. The monoisotopic (exact) mass is 274 g/mol. The highest BCUT2D eigenvalue weighted by molar-refractivity contribution is 5.95. The van der Waals surface area contributed by atoms with Crippen LogP contribution in [0, 0.1) is 10.1 Å². The van der Waals surface area contributed by atoms with Crippen LogP contribution in [0.3, 0.4) is 0 Å². The summed E-state index contributed by atoms with van der Waals surface area (Å²) in [5.41, 5.74) is -0.244. The zero-order valence-electron chi connectivity index (χ0n) is 9.58. The summed E-state index contributed by atoms with van der Waals surface area (Å²) in [7, 11) is 0. The fraction of sp³-hybridized carbons (Fsp3) is 0.364. The minimum atomic E-state index is -4.49. The van der Waals surface area contributed by atoms with E-state index in [1.54, 1.807) is 0 Å². The molecule has 2 rings (SSSR count). The lowest BCUT2D eigenvalue weighted by molar-refractivity contribution is -0.385.